The third-order valence-electron chi connectivity index (χ3n) is 1.56. The molecule has 0 aliphatic rings. The van der Waals surface area contributed by atoms with Crippen molar-refractivity contribution in [1.29, 1.82) is 0 Å². The van der Waals surface area contributed by atoms with Gasteiger partial charge in [0.15, 0.2) is 6.10 Å². The Bertz CT molecular complexity index is 198. The van der Waals surface area contributed by atoms with E-state index in [9.17, 15) is 4.79 Å². The topological polar surface area (TPSA) is 44.8 Å². The van der Waals surface area contributed by atoms with Crippen molar-refractivity contribution in [3.8, 4) is 0 Å². The molecule has 0 N–H and O–H groups in total. The molecule has 0 radical (unpaired) electrons. The van der Waals surface area contributed by atoms with Crippen molar-refractivity contribution in [3.63, 3.8) is 0 Å². The van der Waals surface area contributed by atoms with Crippen LogP contribution in [0.5, 0.6) is 0 Å². The van der Waals surface area contributed by atoms with Crippen LogP contribution in [0.2, 0.25) is 0 Å². The highest BCUT2D eigenvalue weighted by Gasteiger charge is 2.20. The molecule has 0 bridgehead atoms. The fourth-order valence-corrected chi connectivity index (χ4v) is 0.983. The Morgan fingerprint density at radius 3 is 2.29 bits per heavy atom. The Morgan fingerprint density at radius 2 is 1.93 bits per heavy atom. The maximum atomic E-state index is 11.1. The fourth-order valence-electron chi connectivity index (χ4n) is 0.983. The van der Waals surface area contributed by atoms with Crippen LogP contribution in [0.4, 0.5) is 0 Å². The summed E-state index contributed by atoms with van der Waals surface area (Å²) >= 11 is 0. The van der Waals surface area contributed by atoms with E-state index in [0.717, 1.165) is 0 Å². The zero-order valence-corrected chi connectivity index (χ0v) is 9.20. The Hall–Kier alpha value is -1.03. The molecule has 0 aromatic rings. The van der Waals surface area contributed by atoms with Crippen molar-refractivity contribution in [1.82, 2.24) is 0 Å². The van der Waals surface area contributed by atoms with E-state index in [0.29, 0.717) is 12.2 Å². The van der Waals surface area contributed by atoms with Crippen LogP contribution in [-0.2, 0) is 19.0 Å². The minimum Gasteiger partial charge on any atom is -0.496 e. The fraction of sp³-hybridized carbons (Fsp3) is 0.700. The molecule has 4 heteroatoms. The molecule has 14 heavy (non-hydrogen) atoms. The van der Waals surface area contributed by atoms with Gasteiger partial charge in [0.05, 0.1) is 19.0 Å². The largest absolute Gasteiger partial charge is 0.496 e. The molecular formula is C10H18O4. The highest BCUT2D eigenvalue weighted by molar-refractivity contribution is 5.74. The standard InChI is InChI=1S/C10H18O4/c1-7(2)14-8(3)6-9(12-4)10(11)13-5/h7,9H,3,6H2,1-2,4-5H3. The van der Waals surface area contributed by atoms with Crippen molar-refractivity contribution in [2.45, 2.75) is 32.5 Å². The summed E-state index contributed by atoms with van der Waals surface area (Å²) in [5.41, 5.74) is 0. The Morgan fingerprint density at radius 1 is 1.36 bits per heavy atom. The summed E-state index contributed by atoms with van der Waals surface area (Å²) in [6, 6.07) is 0. The van der Waals surface area contributed by atoms with E-state index in [-0.39, 0.29) is 6.10 Å². The number of methoxy groups -OCH3 is 2. The van der Waals surface area contributed by atoms with Crippen molar-refractivity contribution < 1.29 is 19.0 Å². The van der Waals surface area contributed by atoms with Gasteiger partial charge in [-0.2, -0.15) is 0 Å². The van der Waals surface area contributed by atoms with Crippen molar-refractivity contribution in [3.05, 3.63) is 12.3 Å². The van der Waals surface area contributed by atoms with Gasteiger partial charge in [-0.05, 0) is 13.8 Å². The number of ether oxygens (including phenoxy) is 3. The second-order valence-corrected chi connectivity index (χ2v) is 3.16. The predicted octanol–water partition coefficient (Wildman–Crippen LogP) is 1.50. The third kappa shape index (κ3) is 4.87. The van der Waals surface area contributed by atoms with Crippen LogP contribution in [-0.4, -0.2) is 32.4 Å². The van der Waals surface area contributed by atoms with Gasteiger partial charge in [-0.25, -0.2) is 4.79 Å². The Balaban J connectivity index is 4.05. The molecule has 0 spiro atoms. The van der Waals surface area contributed by atoms with Gasteiger partial charge in [0.1, 0.15) is 0 Å². The smallest absolute Gasteiger partial charge is 0.335 e. The summed E-state index contributed by atoms with van der Waals surface area (Å²) in [6.45, 7) is 7.48. The summed E-state index contributed by atoms with van der Waals surface area (Å²) in [7, 11) is 2.77. The molecule has 0 amide bonds. The first-order valence-corrected chi connectivity index (χ1v) is 4.46. The second-order valence-electron chi connectivity index (χ2n) is 3.16. The van der Waals surface area contributed by atoms with Gasteiger partial charge in [0.2, 0.25) is 0 Å². The van der Waals surface area contributed by atoms with Gasteiger partial charge in [-0.1, -0.05) is 6.58 Å². The normalized spacial score (nSPS) is 12.4. The maximum absolute atomic E-state index is 11.1. The summed E-state index contributed by atoms with van der Waals surface area (Å²) < 4.78 is 14.8. The average Bonchev–Trinajstić information content (AvgIpc) is 2.11. The summed E-state index contributed by atoms with van der Waals surface area (Å²) in [5.74, 6) is 0.109. The van der Waals surface area contributed by atoms with E-state index in [1.54, 1.807) is 0 Å². The van der Waals surface area contributed by atoms with Gasteiger partial charge in [-0.15, -0.1) is 0 Å². The van der Waals surface area contributed by atoms with Crippen molar-refractivity contribution >= 4 is 5.97 Å². The first-order valence-electron chi connectivity index (χ1n) is 4.46. The average molecular weight is 202 g/mol. The SMILES string of the molecule is C=C(CC(OC)C(=O)OC)OC(C)C. The minimum atomic E-state index is -0.633. The molecule has 0 rings (SSSR count). The van der Waals surface area contributed by atoms with Crippen LogP contribution in [0.3, 0.4) is 0 Å². The van der Waals surface area contributed by atoms with Crippen LogP contribution >= 0.6 is 0 Å². The van der Waals surface area contributed by atoms with Crippen LogP contribution < -0.4 is 0 Å². The lowest BCUT2D eigenvalue weighted by Gasteiger charge is -2.16. The molecule has 0 aromatic carbocycles. The first-order chi connectivity index (χ1) is 6.51. The van der Waals surface area contributed by atoms with Gasteiger partial charge in [0, 0.05) is 13.5 Å². The van der Waals surface area contributed by atoms with Crippen LogP contribution in [0.25, 0.3) is 0 Å². The molecule has 82 valence electrons. The minimum absolute atomic E-state index is 0.0534. The van der Waals surface area contributed by atoms with E-state index < -0.39 is 12.1 Å². The first kappa shape index (κ1) is 13.0. The molecule has 0 saturated carbocycles. The van der Waals surface area contributed by atoms with Crippen LogP contribution in [0.1, 0.15) is 20.3 Å². The van der Waals surface area contributed by atoms with E-state index in [4.69, 9.17) is 9.47 Å². The number of esters is 1. The number of hydrogen-bond acceptors (Lipinski definition) is 4. The highest BCUT2D eigenvalue weighted by Crippen LogP contribution is 2.11. The molecule has 0 heterocycles. The van der Waals surface area contributed by atoms with Crippen molar-refractivity contribution in [2.24, 2.45) is 0 Å². The zero-order chi connectivity index (χ0) is 11.1. The van der Waals surface area contributed by atoms with E-state index >= 15 is 0 Å². The third-order valence-corrected chi connectivity index (χ3v) is 1.56. The predicted molar refractivity (Wildman–Crippen MR) is 52.8 cm³/mol. The van der Waals surface area contributed by atoms with E-state index in [1.807, 2.05) is 13.8 Å². The van der Waals surface area contributed by atoms with Gasteiger partial charge in [0.25, 0.3) is 0 Å². The summed E-state index contributed by atoms with van der Waals surface area (Å²) in [5, 5.41) is 0. The van der Waals surface area contributed by atoms with Crippen molar-refractivity contribution in [2.75, 3.05) is 14.2 Å². The number of hydrogen-bond donors (Lipinski definition) is 0. The van der Waals surface area contributed by atoms with E-state index in [1.165, 1.54) is 14.2 Å². The quantitative estimate of drug-likeness (QED) is 0.483. The zero-order valence-electron chi connectivity index (χ0n) is 9.20. The molecule has 0 aromatic heterocycles. The highest BCUT2D eigenvalue weighted by atomic mass is 16.6. The molecule has 0 aliphatic heterocycles. The molecule has 0 fully saturated rings. The Kier molecular flexibility index (Phi) is 5.95. The maximum Gasteiger partial charge on any atom is 0.335 e. The molecule has 0 saturated heterocycles. The second kappa shape index (κ2) is 6.43. The monoisotopic (exact) mass is 202 g/mol. The number of carbonyl (C=O) groups is 1. The molecule has 4 nitrogen and oxygen atoms in total. The molecule has 1 atom stereocenters. The Labute approximate surface area is 84.8 Å². The van der Waals surface area contributed by atoms with Gasteiger partial charge in [-0.3, -0.25) is 0 Å². The number of carbonyl (C=O) groups excluding carboxylic acids is 1. The lowest BCUT2D eigenvalue weighted by Crippen LogP contribution is -2.25. The van der Waals surface area contributed by atoms with E-state index in [2.05, 4.69) is 11.3 Å². The lowest BCUT2D eigenvalue weighted by atomic mass is 10.2. The lowest BCUT2D eigenvalue weighted by molar-refractivity contribution is -0.152. The van der Waals surface area contributed by atoms with Gasteiger partial charge >= 0.3 is 5.97 Å². The molecular weight excluding hydrogens is 184 g/mol. The summed E-state index contributed by atoms with van der Waals surface area (Å²) in [4.78, 5) is 11.1. The van der Waals surface area contributed by atoms with Gasteiger partial charge < -0.3 is 14.2 Å². The molecule has 1 unspecified atom stereocenters. The number of rotatable bonds is 6. The van der Waals surface area contributed by atoms with Crippen LogP contribution in [0.15, 0.2) is 12.3 Å². The van der Waals surface area contributed by atoms with Crippen LogP contribution in [0, 0.1) is 0 Å². The summed E-state index contributed by atoms with van der Waals surface area (Å²) in [6.07, 6.45) is -0.259. The molecule has 0 aliphatic carbocycles.